The van der Waals surface area contributed by atoms with Crippen molar-refractivity contribution in [3.63, 3.8) is 0 Å². The fourth-order valence-electron chi connectivity index (χ4n) is 10.8. The van der Waals surface area contributed by atoms with Crippen LogP contribution in [0.5, 0.6) is 0 Å². The van der Waals surface area contributed by atoms with Crippen molar-refractivity contribution in [3.8, 4) is 0 Å². The molecule has 0 aromatic heterocycles. The Morgan fingerprint density at radius 2 is 1.88 bits per heavy atom. The average molecular weight is 591 g/mol. The zero-order chi connectivity index (χ0) is 29.8. The molecule has 2 unspecified atom stereocenters. The third-order valence-electron chi connectivity index (χ3n) is 13.0. The molecule has 10 nitrogen and oxygen atoms in total. The number of rotatable bonds is 5. The van der Waals surface area contributed by atoms with Crippen molar-refractivity contribution in [2.24, 2.45) is 28.6 Å². The normalized spacial score (nSPS) is 54.5. The van der Waals surface area contributed by atoms with E-state index in [9.17, 15) is 19.8 Å². The molecule has 7 aliphatic rings. The van der Waals surface area contributed by atoms with Crippen LogP contribution >= 0.6 is 0 Å². The number of esters is 2. The minimum Gasteiger partial charge on any atom is -0.458 e. The van der Waals surface area contributed by atoms with Gasteiger partial charge in [-0.05, 0) is 87.0 Å². The summed E-state index contributed by atoms with van der Waals surface area (Å²) in [5.41, 5.74) is -0.815. The van der Waals surface area contributed by atoms with Gasteiger partial charge >= 0.3 is 11.9 Å². The Morgan fingerprint density at radius 3 is 2.57 bits per heavy atom. The molecule has 234 valence electrons. The van der Waals surface area contributed by atoms with E-state index >= 15 is 0 Å². The van der Waals surface area contributed by atoms with E-state index in [1.807, 2.05) is 0 Å². The lowest BCUT2D eigenvalue weighted by Gasteiger charge is -2.62. The largest absolute Gasteiger partial charge is 0.458 e. The summed E-state index contributed by atoms with van der Waals surface area (Å²) in [5.74, 6) is -0.0281. The van der Waals surface area contributed by atoms with Gasteiger partial charge < -0.3 is 38.6 Å². The predicted molar refractivity (Wildman–Crippen MR) is 147 cm³/mol. The zero-order valence-corrected chi connectivity index (χ0v) is 25.4. The maximum Gasteiger partial charge on any atom is 0.331 e. The number of carbonyl (C=O) groups excluding carboxylic acids is 2. The third-order valence-corrected chi connectivity index (χ3v) is 13.0. The maximum atomic E-state index is 12.6. The van der Waals surface area contributed by atoms with Gasteiger partial charge in [-0.2, -0.15) is 0 Å². The van der Waals surface area contributed by atoms with Gasteiger partial charge in [0.15, 0.2) is 12.4 Å². The molecule has 1 spiro atoms. The average Bonchev–Trinajstić information content (AvgIpc) is 3.38. The first kappa shape index (κ1) is 29.2. The summed E-state index contributed by atoms with van der Waals surface area (Å²) in [6.45, 7) is 8.04. The van der Waals surface area contributed by atoms with Gasteiger partial charge in [-0.25, -0.2) is 4.79 Å². The smallest absolute Gasteiger partial charge is 0.331 e. The number of fused-ring (bicyclic) bond motifs is 3. The van der Waals surface area contributed by atoms with E-state index in [-0.39, 0.29) is 40.8 Å². The van der Waals surface area contributed by atoms with Gasteiger partial charge in [0.25, 0.3) is 0 Å². The van der Waals surface area contributed by atoms with E-state index in [0.29, 0.717) is 18.9 Å². The molecule has 7 rings (SSSR count). The molecule has 0 amide bonds. The van der Waals surface area contributed by atoms with Crippen molar-refractivity contribution >= 4 is 11.9 Å². The lowest BCUT2D eigenvalue weighted by Crippen LogP contribution is -2.68. The molecule has 3 heterocycles. The number of cyclic esters (lactones) is 1. The summed E-state index contributed by atoms with van der Waals surface area (Å²) in [5, 5.41) is 23.3. The fraction of sp³-hybridized carbons (Fsp3) is 0.875. The first-order valence-corrected chi connectivity index (χ1v) is 15.8. The second-order valence-electron chi connectivity index (χ2n) is 14.6. The number of hydrogen-bond acceptors (Lipinski definition) is 10. The molecular weight excluding hydrogens is 544 g/mol. The molecular formula is C32H46O10. The van der Waals surface area contributed by atoms with Crippen LogP contribution in [-0.2, 0) is 38.0 Å². The Labute approximate surface area is 247 Å². The Hall–Kier alpha value is -1.56. The molecule has 2 saturated heterocycles. The molecule has 0 aromatic carbocycles. The standard InChI is InChI=1S/C32H46O10/c1-16-25(35)26(37-5)27(40-17(2)33)28(39-16)41-20-6-9-29(3)19(13-20)14-23-32(42-23)22(29)8-10-30(4)21(7-11-31(30,32)36)18-12-24(34)38-15-18/h12,16,19-23,25-28,35-36H,6-11,13-15H2,1-5H3/t16-,19-,20-,21?,22?,23-,25-,26+,27-,28-,29-,30+,31+,32+/m0/s1. The number of carbonyl (C=O) groups is 2. The highest BCUT2D eigenvalue weighted by atomic mass is 16.7. The second kappa shape index (κ2) is 9.72. The number of ether oxygens (including phenoxy) is 6. The van der Waals surface area contributed by atoms with E-state index in [0.717, 1.165) is 50.5 Å². The minimum atomic E-state index is -0.941. The lowest BCUT2D eigenvalue weighted by atomic mass is 9.43. The molecule has 2 N–H and O–H groups in total. The van der Waals surface area contributed by atoms with Gasteiger partial charge in [0.1, 0.15) is 30.0 Å². The van der Waals surface area contributed by atoms with Crippen LogP contribution in [0.2, 0.25) is 0 Å². The Morgan fingerprint density at radius 1 is 1.10 bits per heavy atom. The van der Waals surface area contributed by atoms with Crippen molar-refractivity contribution < 1.29 is 48.2 Å². The molecule has 0 radical (unpaired) electrons. The van der Waals surface area contributed by atoms with Crippen LogP contribution in [0.1, 0.15) is 79.1 Å². The van der Waals surface area contributed by atoms with Crippen LogP contribution in [0.25, 0.3) is 0 Å². The number of epoxide rings is 1. The summed E-state index contributed by atoms with van der Waals surface area (Å²) in [7, 11) is 1.49. The second-order valence-corrected chi connectivity index (χ2v) is 14.6. The van der Waals surface area contributed by atoms with E-state index in [4.69, 9.17) is 28.4 Å². The van der Waals surface area contributed by atoms with E-state index in [1.54, 1.807) is 13.0 Å². The summed E-state index contributed by atoms with van der Waals surface area (Å²) in [4.78, 5) is 23.8. The van der Waals surface area contributed by atoms with Gasteiger partial charge in [0, 0.05) is 25.5 Å². The number of methoxy groups -OCH3 is 1. The Kier molecular flexibility index (Phi) is 6.75. The number of hydrogen-bond donors (Lipinski definition) is 2. The summed E-state index contributed by atoms with van der Waals surface area (Å²) >= 11 is 0. The number of aliphatic hydroxyl groups excluding tert-OH is 1. The van der Waals surface area contributed by atoms with Gasteiger partial charge in [0.05, 0.1) is 18.3 Å². The number of aliphatic hydroxyl groups is 2. The molecule has 42 heavy (non-hydrogen) atoms. The van der Waals surface area contributed by atoms with Crippen molar-refractivity contribution in [1.29, 1.82) is 0 Å². The molecule has 3 aliphatic heterocycles. The third kappa shape index (κ3) is 3.84. The van der Waals surface area contributed by atoms with Crippen molar-refractivity contribution in [2.45, 2.75) is 133 Å². The monoisotopic (exact) mass is 590 g/mol. The SMILES string of the molecule is CO[C@@H]1[C@@H](O)[C@H](C)O[C@@H](O[C@H]2CC[C@]3(C)C4CC[C@]5(C)C(C6=CC(=O)OC6)CC[C@]5(O)[C@@]45O[C@H]5C[C@@H]3C2)[C@H]1OC(C)=O. The maximum absolute atomic E-state index is 12.6. The molecule has 10 heteroatoms. The van der Waals surface area contributed by atoms with Crippen molar-refractivity contribution in [3.05, 3.63) is 11.6 Å². The minimum absolute atomic E-state index is 0.00499. The molecule has 4 saturated carbocycles. The zero-order valence-electron chi connectivity index (χ0n) is 25.4. The van der Waals surface area contributed by atoms with Crippen LogP contribution in [0.3, 0.4) is 0 Å². The summed E-state index contributed by atoms with van der Waals surface area (Å²) in [6, 6.07) is 0. The molecule has 14 atom stereocenters. The highest BCUT2D eigenvalue weighted by Crippen LogP contribution is 2.77. The van der Waals surface area contributed by atoms with Gasteiger partial charge in [-0.1, -0.05) is 13.8 Å². The van der Waals surface area contributed by atoms with Crippen LogP contribution in [0.4, 0.5) is 0 Å². The van der Waals surface area contributed by atoms with Crippen LogP contribution in [0, 0.1) is 28.6 Å². The Balaban J connectivity index is 1.09. The van der Waals surface area contributed by atoms with E-state index < -0.39 is 47.9 Å². The molecule has 0 aromatic rings. The van der Waals surface area contributed by atoms with Crippen LogP contribution in [-0.4, -0.2) is 90.0 Å². The molecule has 4 aliphatic carbocycles. The van der Waals surface area contributed by atoms with Gasteiger partial charge in [-0.15, -0.1) is 0 Å². The fourth-order valence-corrected chi connectivity index (χ4v) is 10.8. The van der Waals surface area contributed by atoms with Gasteiger partial charge in [-0.3, -0.25) is 4.79 Å². The highest BCUT2D eigenvalue weighted by Gasteiger charge is 2.84. The summed E-state index contributed by atoms with van der Waals surface area (Å²) in [6.07, 6.45) is 4.48. The summed E-state index contributed by atoms with van der Waals surface area (Å²) < 4.78 is 35.6. The van der Waals surface area contributed by atoms with Gasteiger partial charge in [0.2, 0.25) is 0 Å². The Bertz CT molecular complexity index is 1170. The van der Waals surface area contributed by atoms with Crippen molar-refractivity contribution in [2.75, 3.05) is 13.7 Å². The first-order valence-electron chi connectivity index (χ1n) is 15.8. The van der Waals surface area contributed by atoms with E-state index in [1.165, 1.54) is 14.0 Å². The molecule has 0 bridgehead atoms. The first-order chi connectivity index (χ1) is 19.9. The quantitative estimate of drug-likeness (QED) is 0.280. The van der Waals surface area contributed by atoms with Crippen LogP contribution in [0.15, 0.2) is 11.6 Å². The van der Waals surface area contributed by atoms with E-state index in [2.05, 4.69) is 13.8 Å². The highest BCUT2D eigenvalue weighted by molar-refractivity contribution is 5.85. The topological polar surface area (TPSA) is 133 Å². The molecule has 6 fully saturated rings. The predicted octanol–water partition coefficient (Wildman–Crippen LogP) is 2.81. The van der Waals surface area contributed by atoms with Crippen molar-refractivity contribution in [1.82, 2.24) is 0 Å². The van der Waals surface area contributed by atoms with Crippen LogP contribution < -0.4 is 0 Å². The lowest BCUT2D eigenvalue weighted by molar-refractivity contribution is -0.315.